The van der Waals surface area contributed by atoms with E-state index in [1.165, 1.54) is 0 Å². The molecule has 0 saturated carbocycles. The van der Waals surface area contributed by atoms with Crippen molar-refractivity contribution >= 4 is 47.0 Å². The Bertz CT molecular complexity index is 3040. The third-order valence-corrected chi connectivity index (χ3v) is 25.3. The number of unbranched alkanes of at least 4 members (excludes halogenated alkanes) is 12. The number of amides is 6. The van der Waals surface area contributed by atoms with Crippen LogP contribution in [0.5, 0.6) is 0 Å². The third-order valence-electron chi connectivity index (χ3n) is 25.3. The van der Waals surface area contributed by atoms with Gasteiger partial charge < -0.3 is 135 Å². The first kappa shape index (κ1) is 116. The number of carbonyl (C=O) groups excluding carboxylic acids is 8. The summed E-state index contributed by atoms with van der Waals surface area (Å²) in [5, 5.41) is 137. The molecule has 0 spiro atoms. The smallest absolute Gasteiger partial charge is 0.223 e. The van der Waals surface area contributed by atoms with E-state index in [4.69, 9.17) is 42.6 Å². The van der Waals surface area contributed by atoms with Gasteiger partial charge in [-0.05, 0) is 140 Å². The lowest BCUT2D eigenvalue weighted by Crippen LogP contribution is -2.56. The molecule has 26 atom stereocenters. The standard InChI is InChI=1S/C89H160N6O29.C4H10/c1-8-65-80(110)83(113)72(54-99)124-89(65)120-46-25-17-31-63(100)37-38-66(57(3)29-16-24-40-91-74(104)34-18-26-43-117-86-58(4)77(107)69(102)49-64(51-96)121-86)85(115)93-42-23-11-13-30-61(84(114)92-41-21-10-9-15-36-76(106)95-50-56(2)47-62(95)55-116-7)48-68(101)67(94-75(105)35-20-28-45-119-88-60(6)79(109)82(112)71(53-98)123-88)32-14-12-22-39-90-73(103)33-19-27-44-118-87-59(5)78(108)81(111)70(52-97)122-87;1-4(2)3/h56-62,64-67,69-72,77-83,86-89,96-99,102,107-113H,8-55H2,1-7H3,(H,90,103)(H,91,104)(H,92,114)(H,93,115)(H,94,105);4H,1-3H3/t56-,57?,58?,59?,60?,61?,62+,64?,65?,66?,67?,69+,70?,71?,72?,77-,78-,79-,80-,81+,82+,83+,86-,87-,88-,89-;/m1./s1. The molecule has 17 N–H and O–H groups in total. The van der Waals surface area contributed by atoms with Crippen molar-refractivity contribution in [3.8, 4) is 0 Å². The number of rotatable bonds is 65. The molecule has 0 bridgehead atoms. The molecule has 746 valence electrons. The fraction of sp³-hybridized carbons (Fsp3) is 0.914. The van der Waals surface area contributed by atoms with Crippen molar-refractivity contribution in [2.45, 2.75) is 391 Å². The molecule has 0 aliphatic carbocycles. The molecule has 35 nitrogen and oxygen atoms in total. The van der Waals surface area contributed by atoms with Crippen LogP contribution in [0.15, 0.2) is 0 Å². The van der Waals surface area contributed by atoms with Gasteiger partial charge in [-0.25, -0.2) is 0 Å². The molecule has 5 rings (SSSR count). The average Bonchev–Trinajstić information content (AvgIpc) is 1.13. The van der Waals surface area contributed by atoms with Gasteiger partial charge >= 0.3 is 0 Å². The van der Waals surface area contributed by atoms with E-state index in [1.807, 2.05) is 18.7 Å². The van der Waals surface area contributed by atoms with E-state index in [-0.39, 0.29) is 144 Å². The summed E-state index contributed by atoms with van der Waals surface area (Å²) in [5.74, 6) is -3.93. The van der Waals surface area contributed by atoms with E-state index in [2.05, 4.69) is 54.3 Å². The molecular weight excluding hydrogens is 1670 g/mol. The van der Waals surface area contributed by atoms with Gasteiger partial charge in [-0.15, -0.1) is 0 Å². The summed E-state index contributed by atoms with van der Waals surface area (Å²) in [6.45, 7) is 19.0. The Morgan fingerprint density at radius 1 is 0.430 bits per heavy atom. The maximum Gasteiger partial charge on any atom is 0.223 e. The molecule has 0 radical (unpaired) electrons. The highest BCUT2D eigenvalue weighted by atomic mass is 16.7. The second kappa shape index (κ2) is 65.9. The van der Waals surface area contributed by atoms with Crippen LogP contribution in [0, 0.1) is 53.3 Å². The lowest BCUT2D eigenvalue weighted by Gasteiger charge is -2.41. The average molecular weight is 1840 g/mol. The minimum Gasteiger partial charge on any atom is -0.394 e. The molecular formula is C93H170N6O29. The fourth-order valence-electron chi connectivity index (χ4n) is 17.1. The number of aliphatic hydroxyl groups excluding tert-OH is 12. The maximum absolute atomic E-state index is 14.8. The van der Waals surface area contributed by atoms with Gasteiger partial charge in [0, 0.05) is 153 Å². The molecule has 5 saturated heterocycles. The summed E-state index contributed by atoms with van der Waals surface area (Å²) in [5.41, 5.74) is 0. The second-order valence-electron chi connectivity index (χ2n) is 37.2. The van der Waals surface area contributed by atoms with Crippen LogP contribution in [0.1, 0.15) is 281 Å². The number of nitrogens with zero attached hydrogens (tertiary/aromatic N) is 1. The van der Waals surface area contributed by atoms with Crippen LogP contribution in [0.2, 0.25) is 0 Å². The fourth-order valence-corrected chi connectivity index (χ4v) is 17.1. The van der Waals surface area contributed by atoms with Crippen LogP contribution in [0.4, 0.5) is 0 Å². The van der Waals surface area contributed by atoms with Crippen LogP contribution in [-0.2, 0) is 81.0 Å². The molecule has 5 heterocycles. The van der Waals surface area contributed by atoms with E-state index in [0.29, 0.717) is 187 Å². The first-order chi connectivity index (χ1) is 61.2. The van der Waals surface area contributed by atoms with Crippen molar-refractivity contribution in [2.24, 2.45) is 53.3 Å². The molecule has 5 aliphatic rings. The predicted octanol–water partition coefficient (Wildman–Crippen LogP) is 4.73. The van der Waals surface area contributed by atoms with Gasteiger partial charge in [-0.2, -0.15) is 0 Å². The molecule has 5 fully saturated rings. The Kier molecular flexibility index (Phi) is 59.5. The molecule has 6 amide bonds. The van der Waals surface area contributed by atoms with E-state index >= 15 is 0 Å². The normalized spacial score (nSPS) is 28.8. The molecule has 12 unspecified atom stereocenters. The Morgan fingerprint density at radius 2 is 0.859 bits per heavy atom. The SMILES string of the molecule is CC(C)C.CCC1[C@H](OCCCCC(=O)CCC(C(=O)NCCCCCC(CC(=O)C(CCCCCNC(=O)CCCCO[C@@H]2OC(CO)[C@H](O)[C@H](O)C2C)NC(=O)CCCCO[C@@H]2OC(CO)[C@H](O)[C@H](O)C2C)C(=O)NCCCCCCC(=O)N2C[C@H](C)C[C@H]2COC)C(C)CCCCNC(=O)CCCCO[C@@H]2OC(CO)C[C@H](O)[C@H](O)C2C)OC(CO)[C@H](O)[C@@H]1O. The van der Waals surface area contributed by atoms with Crippen molar-refractivity contribution in [3.05, 3.63) is 0 Å². The van der Waals surface area contributed by atoms with Crippen LogP contribution in [0.3, 0.4) is 0 Å². The van der Waals surface area contributed by atoms with Gasteiger partial charge in [0.15, 0.2) is 30.9 Å². The zero-order valence-corrected chi connectivity index (χ0v) is 78.8. The zero-order valence-electron chi connectivity index (χ0n) is 78.8. The van der Waals surface area contributed by atoms with Crippen molar-refractivity contribution in [1.82, 2.24) is 31.5 Å². The van der Waals surface area contributed by atoms with Crippen molar-refractivity contribution in [1.29, 1.82) is 0 Å². The molecule has 5 aliphatic heterocycles. The van der Waals surface area contributed by atoms with E-state index < -0.39 is 166 Å². The Morgan fingerprint density at radius 3 is 1.38 bits per heavy atom. The first-order valence-electron chi connectivity index (χ1n) is 48.4. The summed E-state index contributed by atoms with van der Waals surface area (Å²) in [7, 11) is 1.64. The number of aliphatic hydroxyl groups is 12. The Hall–Kier alpha value is -4.68. The summed E-state index contributed by atoms with van der Waals surface area (Å²) in [4.78, 5) is 112. The lowest BCUT2D eigenvalue weighted by atomic mass is 9.84. The minimum atomic E-state index is -1.29. The number of ketones is 2. The largest absolute Gasteiger partial charge is 0.394 e. The van der Waals surface area contributed by atoms with Gasteiger partial charge in [0.1, 0.15) is 42.4 Å². The van der Waals surface area contributed by atoms with Gasteiger partial charge in [0.25, 0.3) is 0 Å². The number of hydrogen-bond acceptors (Lipinski definition) is 29. The summed E-state index contributed by atoms with van der Waals surface area (Å²) < 4.78 is 51.8. The number of carbonyl (C=O) groups is 8. The third kappa shape index (κ3) is 43.3. The van der Waals surface area contributed by atoms with Gasteiger partial charge in [0.05, 0.1) is 81.7 Å². The van der Waals surface area contributed by atoms with Crippen molar-refractivity contribution in [2.75, 3.05) is 99.3 Å². The van der Waals surface area contributed by atoms with Crippen LogP contribution in [0.25, 0.3) is 0 Å². The number of ether oxygens (including phenoxy) is 9. The number of hydrogen-bond donors (Lipinski definition) is 17. The highest BCUT2D eigenvalue weighted by Gasteiger charge is 2.47. The summed E-state index contributed by atoms with van der Waals surface area (Å²) in [6.07, 6.45) is -1.37. The Labute approximate surface area is 761 Å². The number of methoxy groups -OCH3 is 1. The van der Waals surface area contributed by atoms with Gasteiger partial charge in [-0.1, -0.05) is 107 Å². The van der Waals surface area contributed by atoms with E-state index in [1.54, 1.807) is 27.9 Å². The number of nitrogens with one attached hydrogen (secondary N) is 5. The molecule has 128 heavy (non-hydrogen) atoms. The highest BCUT2D eigenvalue weighted by molar-refractivity contribution is 5.92. The predicted molar refractivity (Wildman–Crippen MR) is 476 cm³/mol. The quantitative estimate of drug-likeness (QED) is 0.0366. The van der Waals surface area contributed by atoms with Crippen LogP contribution >= 0.6 is 0 Å². The first-order valence-corrected chi connectivity index (χ1v) is 48.4. The number of likely N-dealkylation sites (tertiary alicyclic amines) is 1. The Balaban J connectivity index is 0.00000839. The summed E-state index contributed by atoms with van der Waals surface area (Å²) in [6, 6.07) is -0.901. The maximum atomic E-state index is 14.8. The number of Topliss-reactive ketones (excluding diaryl/α,β-unsaturated/α-hetero) is 2. The highest BCUT2D eigenvalue weighted by Crippen LogP contribution is 2.34. The second-order valence-corrected chi connectivity index (χ2v) is 37.2. The topological polar surface area (TPSA) is 526 Å². The van der Waals surface area contributed by atoms with E-state index in [9.17, 15) is 99.6 Å². The van der Waals surface area contributed by atoms with Crippen LogP contribution in [-0.4, -0.2) is 323 Å². The van der Waals surface area contributed by atoms with Crippen LogP contribution < -0.4 is 26.6 Å². The molecule has 0 aromatic rings. The molecule has 0 aromatic heterocycles. The van der Waals surface area contributed by atoms with E-state index in [0.717, 1.165) is 25.2 Å². The minimum absolute atomic E-state index is 0.0242. The monoisotopic (exact) mass is 1840 g/mol. The van der Waals surface area contributed by atoms with Gasteiger partial charge in [-0.3, -0.25) is 38.4 Å². The summed E-state index contributed by atoms with van der Waals surface area (Å²) >= 11 is 0. The zero-order chi connectivity index (χ0) is 94.6. The lowest BCUT2D eigenvalue weighted by molar-refractivity contribution is -0.286. The molecule has 35 heteroatoms. The van der Waals surface area contributed by atoms with Crippen molar-refractivity contribution < 1.29 is 142 Å². The van der Waals surface area contributed by atoms with Gasteiger partial charge in [0.2, 0.25) is 35.4 Å². The molecule has 0 aromatic carbocycles. The van der Waals surface area contributed by atoms with Crippen molar-refractivity contribution in [3.63, 3.8) is 0 Å².